The molecule has 1 heterocycles. The molecule has 15 heavy (non-hydrogen) atoms. The second kappa shape index (κ2) is 5.18. The molecule has 2 heteroatoms. The topological polar surface area (TPSA) is 9.23 Å². The number of hydrogen-bond acceptors (Lipinski definition) is 1. The van der Waals surface area contributed by atoms with Crippen LogP contribution in [0.5, 0.6) is 0 Å². The third kappa shape index (κ3) is 2.97. The molecule has 0 aromatic carbocycles. The van der Waals surface area contributed by atoms with Crippen LogP contribution in [0.3, 0.4) is 0 Å². The van der Waals surface area contributed by atoms with Gasteiger partial charge < -0.3 is 4.74 Å². The van der Waals surface area contributed by atoms with E-state index < -0.39 is 0 Å². The third-order valence-electron chi connectivity index (χ3n) is 4.11. The molecule has 2 fully saturated rings. The molecule has 1 aliphatic carbocycles. The van der Waals surface area contributed by atoms with Gasteiger partial charge in [0.1, 0.15) is 0 Å². The molecule has 2 atom stereocenters. The van der Waals surface area contributed by atoms with Crippen molar-refractivity contribution in [2.24, 2.45) is 11.8 Å². The standard InChI is InChI=1S/C13H23BrO/c1-11(10-14)8-12-4-7-15-13(9-12)5-2-3-6-13/h11-12H,2-10H2,1H3. The first kappa shape index (κ1) is 11.9. The summed E-state index contributed by atoms with van der Waals surface area (Å²) >= 11 is 3.59. The Morgan fingerprint density at radius 3 is 2.80 bits per heavy atom. The molecule has 1 saturated heterocycles. The van der Waals surface area contributed by atoms with E-state index >= 15 is 0 Å². The average Bonchev–Trinajstić information content (AvgIpc) is 2.66. The highest BCUT2D eigenvalue weighted by molar-refractivity contribution is 9.09. The molecule has 1 nitrogen and oxygen atoms in total. The summed E-state index contributed by atoms with van der Waals surface area (Å²) in [6.07, 6.45) is 9.44. The molecular weight excluding hydrogens is 252 g/mol. The maximum atomic E-state index is 6.06. The molecule has 0 aromatic heterocycles. The van der Waals surface area contributed by atoms with Crippen LogP contribution in [0.1, 0.15) is 51.9 Å². The van der Waals surface area contributed by atoms with Gasteiger partial charge in [0.25, 0.3) is 0 Å². The van der Waals surface area contributed by atoms with Crippen molar-refractivity contribution >= 4 is 15.9 Å². The maximum Gasteiger partial charge on any atom is 0.0685 e. The van der Waals surface area contributed by atoms with Crippen molar-refractivity contribution in [2.75, 3.05) is 11.9 Å². The number of rotatable bonds is 3. The lowest BCUT2D eigenvalue weighted by molar-refractivity contribution is -0.0950. The van der Waals surface area contributed by atoms with Crippen molar-refractivity contribution in [1.82, 2.24) is 0 Å². The summed E-state index contributed by atoms with van der Waals surface area (Å²) < 4.78 is 6.06. The zero-order valence-corrected chi connectivity index (χ0v) is 11.4. The van der Waals surface area contributed by atoms with E-state index in [4.69, 9.17) is 4.74 Å². The molecule has 1 spiro atoms. The summed E-state index contributed by atoms with van der Waals surface area (Å²) in [6, 6.07) is 0. The van der Waals surface area contributed by atoms with Crippen molar-refractivity contribution in [3.63, 3.8) is 0 Å². The highest BCUT2D eigenvalue weighted by atomic mass is 79.9. The quantitative estimate of drug-likeness (QED) is 0.703. The van der Waals surface area contributed by atoms with Gasteiger partial charge in [-0.2, -0.15) is 0 Å². The van der Waals surface area contributed by atoms with Crippen molar-refractivity contribution in [1.29, 1.82) is 0 Å². The van der Waals surface area contributed by atoms with Gasteiger partial charge >= 0.3 is 0 Å². The van der Waals surface area contributed by atoms with E-state index in [1.807, 2.05) is 0 Å². The Labute approximate surface area is 102 Å². The van der Waals surface area contributed by atoms with Crippen LogP contribution in [-0.4, -0.2) is 17.5 Å². The zero-order valence-electron chi connectivity index (χ0n) is 9.80. The fourth-order valence-corrected chi connectivity index (χ4v) is 3.59. The van der Waals surface area contributed by atoms with Crippen molar-refractivity contribution in [2.45, 2.75) is 57.5 Å². The Balaban J connectivity index is 1.86. The van der Waals surface area contributed by atoms with Gasteiger partial charge in [0.15, 0.2) is 0 Å². The van der Waals surface area contributed by atoms with Gasteiger partial charge in [-0.3, -0.25) is 0 Å². The van der Waals surface area contributed by atoms with Crippen molar-refractivity contribution in [3.8, 4) is 0 Å². The highest BCUT2D eigenvalue weighted by Crippen LogP contribution is 2.43. The van der Waals surface area contributed by atoms with Crippen LogP contribution in [0.15, 0.2) is 0 Å². The van der Waals surface area contributed by atoms with E-state index in [-0.39, 0.29) is 0 Å². The minimum Gasteiger partial charge on any atom is -0.375 e. The first-order chi connectivity index (χ1) is 7.24. The van der Waals surface area contributed by atoms with E-state index in [9.17, 15) is 0 Å². The SMILES string of the molecule is CC(CBr)CC1CCOC2(CCCC2)C1. The minimum atomic E-state index is 0.314. The third-order valence-corrected chi connectivity index (χ3v) is 5.21. The summed E-state index contributed by atoms with van der Waals surface area (Å²) in [5.74, 6) is 1.75. The largest absolute Gasteiger partial charge is 0.375 e. The molecule has 1 aliphatic heterocycles. The highest BCUT2D eigenvalue weighted by Gasteiger charge is 2.39. The first-order valence-electron chi connectivity index (χ1n) is 6.44. The van der Waals surface area contributed by atoms with Gasteiger partial charge in [-0.1, -0.05) is 35.7 Å². The predicted octanol–water partition coefficient (Wildman–Crippen LogP) is 4.15. The second-order valence-electron chi connectivity index (χ2n) is 5.59. The van der Waals surface area contributed by atoms with E-state index in [0.29, 0.717) is 5.60 Å². The van der Waals surface area contributed by atoms with Gasteiger partial charge in [-0.05, 0) is 43.9 Å². The van der Waals surface area contributed by atoms with E-state index in [0.717, 1.165) is 23.8 Å². The van der Waals surface area contributed by atoms with Gasteiger partial charge in [-0.25, -0.2) is 0 Å². The summed E-state index contributed by atoms with van der Waals surface area (Å²) in [5.41, 5.74) is 0.314. The molecular formula is C13H23BrO. The fourth-order valence-electron chi connectivity index (χ4n) is 3.33. The van der Waals surface area contributed by atoms with Crippen LogP contribution in [-0.2, 0) is 4.74 Å². The maximum absolute atomic E-state index is 6.06. The van der Waals surface area contributed by atoms with Gasteiger partial charge in [-0.15, -0.1) is 0 Å². The van der Waals surface area contributed by atoms with Crippen LogP contribution < -0.4 is 0 Å². The van der Waals surface area contributed by atoms with Crippen LogP contribution in [0.4, 0.5) is 0 Å². The number of hydrogen-bond donors (Lipinski definition) is 0. The van der Waals surface area contributed by atoms with Gasteiger partial charge in [0.05, 0.1) is 5.60 Å². The number of ether oxygens (including phenoxy) is 1. The molecule has 0 amide bonds. The molecule has 2 unspecified atom stereocenters. The minimum absolute atomic E-state index is 0.314. The lowest BCUT2D eigenvalue weighted by Crippen LogP contribution is -2.37. The molecule has 0 N–H and O–H groups in total. The Hall–Kier alpha value is 0.440. The molecule has 2 rings (SSSR count). The van der Waals surface area contributed by atoms with Crippen LogP contribution in [0.2, 0.25) is 0 Å². The Bertz CT molecular complexity index is 199. The second-order valence-corrected chi connectivity index (χ2v) is 6.24. The molecule has 0 bridgehead atoms. The average molecular weight is 275 g/mol. The predicted molar refractivity (Wildman–Crippen MR) is 67.5 cm³/mol. The zero-order chi connectivity index (χ0) is 10.7. The molecule has 88 valence electrons. The normalized spacial score (nSPS) is 32.0. The van der Waals surface area contributed by atoms with E-state index in [1.54, 1.807) is 0 Å². The lowest BCUT2D eigenvalue weighted by Gasteiger charge is -2.39. The van der Waals surface area contributed by atoms with Gasteiger partial charge in [0, 0.05) is 11.9 Å². The van der Waals surface area contributed by atoms with Gasteiger partial charge in [0.2, 0.25) is 0 Å². The number of halogens is 1. The van der Waals surface area contributed by atoms with Crippen LogP contribution in [0.25, 0.3) is 0 Å². The molecule has 1 saturated carbocycles. The van der Waals surface area contributed by atoms with E-state index in [1.165, 1.54) is 44.9 Å². The first-order valence-corrected chi connectivity index (χ1v) is 7.56. The molecule has 0 aromatic rings. The molecule has 0 radical (unpaired) electrons. The van der Waals surface area contributed by atoms with Crippen LogP contribution >= 0.6 is 15.9 Å². The lowest BCUT2D eigenvalue weighted by atomic mass is 9.80. The smallest absolute Gasteiger partial charge is 0.0685 e. The van der Waals surface area contributed by atoms with E-state index in [2.05, 4.69) is 22.9 Å². The summed E-state index contributed by atoms with van der Waals surface area (Å²) in [4.78, 5) is 0. The van der Waals surface area contributed by atoms with Crippen molar-refractivity contribution < 1.29 is 4.74 Å². The Morgan fingerprint density at radius 2 is 2.13 bits per heavy atom. The molecule has 2 aliphatic rings. The summed E-state index contributed by atoms with van der Waals surface area (Å²) in [5, 5.41) is 1.15. The van der Waals surface area contributed by atoms with Crippen molar-refractivity contribution in [3.05, 3.63) is 0 Å². The fraction of sp³-hybridized carbons (Fsp3) is 1.00. The number of alkyl halides is 1. The van der Waals surface area contributed by atoms with Crippen LogP contribution in [0, 0.1) is 11.8 Å². The Kier molecular flexibility index (Phi) is 4.11. The summed E-state index contributed by atoms with van der Waals surface area (Å²) in [6.45, 7) is 3.37. The summed E-state index contributed by atoms with van der Waals surface area (Å²) in [7, 11) is 0. The Morgan fingerprint density at radius 1 is 1.40 bits per heavy atom. The monoisotopic (exact) mass is 274 g/mol.